The van der Waals surface area contributed by atoms with Gasteiger partial charge in [-0.1, -0.05) is 87.1 Å². The predicted molar refractivity (Wildman–Crippen MR) is 185 cm³/mol. The lowest BCUT2D eigenvalue weighted by molar-refractivity contribution is 0.501. The minimum atomic E-state index is -0.588. The van der Waals surface area contributed by atoms with Crippen LogP contribution in [0.15, 0.2) is 59.7 Å². The summed E-state index contributed by atoms with van der Waals surface area (Å²) in [6, 6.07) is 11.9. The van der Waals surface area contributed by atoms with Crippen molar-refractivity contribution in [2.75, 3.05) is 0 Å². The third kappa shape index (κ3) is 6.58. The number of aromatic nitrogens is 3. The molecule has 1 aliphatic rings. The Hall–Kier alpha value is -2.64. The van der Waals surface area contributed by atoms with Gasteiger partial charge in [-0.15, -0.1) is 12.8 Å². The smallest absolute Gasteiger partial charge is 0.0709 e. The lowest BCUT2D eigenvalue weighted by Crippen LogP contribution is -2.30. The van der Waals surface area contributed by atoms with Gasteiger partial charge in [0.1, 0.15) is 0 Å². The second-order valence-corrected chi connectivity index (χ2v) is 14.7. The molecular weight excluding hydrogens is 593 g/mol. The number of allylic oxidation sites excluding steroid dienone is 4. The largest absolute Gasteiger partial charge is 0.255 e. The third-order valence-electron chi connectivity index (χ3n) is 9.03. The summed E-state index contributed by atoms with van der Waals surface area (Å²) in [5.74, 6) is 0. The van der Waals surface area contributed by atoms with E-state index in [1.807, 2.05) is 36.4 Å². The van der Waals surface area contributed by atoms with Gasteiger partial charge in [0, 0.05) is 10.8 Å². The first kappa shape index (κ1) is 34.8. The molecule has 0 saturated heterocycles. The van der Waals surface area contributed by atoms with Crippen LogP contribution in [0.2, 0.25) is 15.1 Å². The summed E-state index contributed by atoms with van der Waals surface area (Å²) in [6.45, 7) is 21.7. The molecule has 43 heavy (non-hydrogen) atoms. The van der Waals surface area contributed by atoms with Gasteiger partial charge in [-0.3, -0.25) is 15.0 Å². The van der Waals surface area contributed by atoms with Crippen molar-refractivity contribution in [3.05, 3.63) is 109 Å². The number of halogens is 3. The highest BCUT2D eigenvalue weighted by Crippen LogP contribution is 2.42. The molecule has 228 valence electrons. The molecular formula is C37H44Cl3N3. The molecule has 0 amide bonds. The molecule has 6 bridgehead atoms. The van der Waals surface area contributed by atoms with Crippen molar-refractivity contribution >= 4 is 34.8 Å². The highest BCUT2D eigenvalue weighted by molar-refractivity contribution is 6.32. The van der Waals surface area contributed by atoms with E-state index in [1.54, 1.807) is 0 Å². The number of terminal acetylenes is 1. The van der Waals surface area contributed by atoms with Crippen molar-refractivity contribution < 1.29 is 0 Å². The number of rotatable bonds is 1. The normalized spacial score (nSPS) is 21.0. The molecule has 4 heterocycles. The lowest BCUT2D eigenvalue weighted by Gasteiger charge is -2.33. The van der Waals surface area contributed by atoms with Crippen LogP contribution in [0, 0.1) is 12.8 Å². The van der Waals surface area contributed by atoms with Crippen LogP contribution < -0.4 is 0 Å². The highest BCUT2D eigenvalue weighted by atomic mass is 35.5. The Morgan fingerprint density at radius 1 is 0.628 bits per heavy atom. The fourth-order valence-corrected chi connectivity index (χ4v) is 6.70. The maximum Gasteiger partial charge on any atom is 0.0709 e. The van der Waals surface area contributed by atoms with Crippen LogP contribution in [-0.4, -0.2) is 15.0 Å². The van der Waals surface area contributed by atoms with Crippen LogP contribution in [0.25, 0.3) is 0 Å². The van der Waals surface area contributed by atoms with Gasteiger partial charge in [-0.05, 0) is 89.4 Å². The minimum absolute atomic E-state index is 0.291. The summed E-state index contributed by atoms with van der Waals surface area (Å²) < 4.78 is 0. The van der Waals surface area contributed by atoms with Crippen LogP contribution in [0.3, 0.4) is 0 Å². The van der Waals surface area contributed by atoms with E-state index >= 15 is 0 Å². The Morgan fingerprint density at radius 2 is 1.00 bits per heavy atom. The van der Waals surface area contributed by atoms with Crippen molar-refractivity contribution in [3.8, 4) is 12.8 Å². The van der Waals surface area contributed by atoms with E-state index in [1.165, 1.54) is 11.1 Å². The number of pyridine rings is 3. The molecule has 0 N–H and O–H groups in total. The van der Waals surface area contributed by atoms with E-state index in [9.17, 15) is 0 Å². The van der Waals surface area contributed by atoms with E-state index in [-0.39, 0.29) is 10.8 Å². The molecule has 0 aliphatic carbocycles. The van der Waals surface area contributed by atoms with Crippen molar-refractivity contribution in [1.29, 1.82) is 0 Å². The average molecular weight is 637 g/mol. The van der Waals surface area contributed by atoms with Crippen LogP contribution in [0.5, 0.6) is 0 Å². The Labute approximate surface area is 274 Å². The summed E-state index contributed by atoms with van der Waals surface area (Å²) in [4.78, 5) is 15.6. The van der Waals surface area contributed by atoms with Crippen molar-refractivity contribution in [2.24, 2.45) is 0 Å². The Morgan fingerprint density at radius 3 is 1.42 bits per heavy atom. The van der Waals surface area contributed by atoms with Gasteiger partial charge in [-0.2, -0.15) is 0 Å². The first-order chi connectivity index (χ1) is 19.9. The van der Waals surface area contributed by atoms with E-state index < -0.39 is 10.8 Å². The summed E-state index contributed by atoms with van der Waals surface area (Å²) in [6.07, 6.45) is 14.2. The molecule has 0 saturated carbocycles. The molecule has 0 radical (unpaired) electrons. The fraction of sp³-hybridized carbons (Fsp3) is 0.432. The van der Waals surface area contributed by atoms with Crippen molar-refractivity contribution in [1.82, 2.24) is 15.0 Å². The van der Waals surface area contributed by atoms with Gasteiger partial charge >= 0.3 is 0 Å². The SMILES string of the molecule is C#C.CCC1=C(/C)C(C)(C)c2ccc(Cl)c(n2)C(C)(C)c2ccc(Cl)c(n2)C(C)(C)c2ccc(Cl)c(n2)C(C)(C)C/C=C\1. The average Bonchev–Trinajstić information content (AvgIpc) is 2.95. The van der Waals surface area contributed by atoms with E-state index in [2.05, 4.69) is 94.2 Å². The van der Waals surface area contributed by atoms with Crippen molar-refractivity contribution in [3.63, 3.8) is 0 Å². The second-order valence-electron chi connectivity index (χ2n) is 13.4. The standard InChI is InChI=1S/C35H42Cl3N3.C2H2/c1-11-22-13-12-20-32(3,4)29-23(36)14-18-27(39-29)34(7,8)31-25(38)16-19-28(41-31)35(9,10)30-24(37)15-17-26(40-30)33(5,6)21(22)2;1-2/h12-19H,11,20H2,1-10H3;1-2H/b13-12-,22-21+;. The van der Waals surface area contributed by atoms with Gasteiger partial charge in [0.25, 0.3) is 0 Å². The molecule has 1 aliphatic heterocycles. The number of nitrogens with zero attached hydrogens (tertiary/aromatic N) is 3. The maximum absolute atomic E-state index is 6.86. The van der Waals surface area contributed by atoms with Crippen LogP contribution in [0.1, 0.15) is 116 Å². The zero-order chi connectivity index (χ0) is 32.5. The van der Waals surface area contributed by atoms with E-state index in [0.29, 0.717) is 15.1 Å². The lowest BCUT2D eigenvalue weighted by atomic mass is 9.77. The Kier molecular flexibility index (Phi) is 10.3. The molecule has 3 nitrogen and oxygen atoms in total. The Bertz CT molecular complexity index is 1590. The van der Waals surface area contributed by atoms with E-state index in [4.69, 9.17) is 49.8 Å². The quantitative estimate of drug-likeness (QED) is 0.249. The summed E-state index contributed by atoms with van der Waals surface area (Å²) >= 11 is 20.5. The van der Waals surface area contributed by atoms with Crippen molar-refractivity contribution in [2.45, 2.75) is 104 Å². The van der Waals surface area contributed by atoms with Gasteiger partial charge in [-0.25, -0.2) is 0 Å². The highest BCUT2D eigenvalue weighted by Gasteiger charge is 2.36. The van der Waals surface area contributed by atoms with Gasteiger partial charge in [0.05, 0.1) is 60.1 Å². The minimum Gasteiger partial charge on any atom is -0.255 e. The first-order valence-electron chi connectivity index (χ1n) is 14.7. The van der Waals surface area contributed by atoms with Crippen LogP contribution >= 0.6 is 34.8 Å². The van der Waals surface area contributed by atoms with Gasteiger partial charge < -0.3 is 0 Å². The van der Waals surface area contributed by atoms with E-state index in [0.717, 1.165) is 47.0 Å². The number of hydrogen-bond donors (Lipinski definition) is 0. The molecule has 3 aromatic rings. The molecule has 0 aromatic carbocycles. The molecule has 0 fully saturated rings. The molecule has 0 spiro atoms. The third-order valence-corrected chi connectivity index (χ3v) is 9.95. The molecule has 4 rings (SSSR count). The second kappa shape index (κ2) is 12.8. The summed E-state index contributed by atoms with van der Waals surface area (Å²) in [5.41, 5.74) is 5.89. The monoisotopic (exact) mass is 635 g/mol. The Balaban J connectivity index is 0.00000248. The summed E-state index contributed by atoms with van der Waals surface area (Å²) in [5, 5.41) is 1.87. The first-order valence-corrected chi connectivity index (χ1v) is 15.8. The van der Waals surface area contributed by atoms with Crippen LogP contribution in [0.4, 0.5) is 0 Å². The molecule has 3 aromatic heterocycles. The summed E-state index contributed by atoms with van der Waals surface area (Å²) in [7, 11) is 0. The van der Waals surface area contributed by atoms with Gasteiger partial charge in [0.2, 0.25) is 0 Å². The number of hydrogen-bond acceptors (Lipinski definition) is 3. The van der Waals surface area contributed by atoms with Crippen LogP contribution in [-0.2, 0) is 21.7 Å². The maximum atomic E-state index is 6.86. The molecule has 0 atom stereocenters. The predicted octanol–water partition coefficient (Wildman–Crippen LogP) is 11.0. The number of fused-ring (bicyclic) bond motifs is 6. The molecule has 0 unspecified atom stereocenters. The topological polar surface area (TPSA) is 38.7 Å². The van der Waals surface area contributed by atoms with Gasteiger partial charge in [0.15, 0.2) is 0 Å². The molecule has 6 heteroatoms. The zero-order valence-electron chi connectivity index (χ0n) is 27.2. The zero-order valence-corrected chi connectivity index (χ0v) is 29.4. The fourth-order valence-electron chi connectivity index (χ4n) is 5.66.